The zero-order valence-electron chi connectivity index (χ0n) is 9.32. The molecule has 0 fully saturated rings. The average molecular weight is 237 g/mol. The van der Waals surface area contributed by atoms with Crippen LogP contribution in [0.4, 0.5) is 0 Å². The van der Waals surface area contributed by atoms with E-state index in [0.29, 0.717) is 11.7 Å². The van der Waals surface area contributed by atoms with Crippen LogP contribution in [0.25, 0.3) is 0 Å². The molecule has 1 aliphatic rings. The minimum atomic E-state index is 0.00288. The number of H-pyrrole nitrogens is 1. The molecule has 0 radical (unpaired) electrons. The van der Waals surface area contributed by atoms with E-state index in [-0.39, 0.29) is 5.56 Å². The number of fused-ring (bicyclic) bond motifs is 1. The monoisotopic (exact) mass is 237 g/mol. The first kappa shape index (κ1) is 11.4. The SMILES string of the molecule is C=CCN1CCc2nc(SC)[nH]c(=O)c2C1. The van der Waals surface area contributed by atoms with Crippen LogP contribution in [0.1, 0.15) is 11.3 Å². The Bertz CT molecular complexity index is 455. The highest BCUT2D eigenvalue weighted by atomic mass is 32.2. The molecule has 0 saturated carbocycles. The molecule has 2 rings (SSSR count). The third-order valence-corrected chi connectivity index (χ3v) is 3.29. The average Bonchev–Trinajstić information content (AvgIpc) is 2.30. The minimum Gasteiger partial charge on any atom is -0.301 e. The fourth-order valence-electron chi connectivity index (χ4n) is 1.89. The standard InChI is InChI=1S/C11H15N3OS/c1-3-5-14-6-4-9-8(7-14)10(15)13-11(12-9)16-2/h3H,1,4-7H2,2H3,(H,12,13,15). The highest BCUT2D eigenvalue weighted by Crippen LogP contribution is 2.15. The molecule has 1 aromatic heterocycles. The zero-order valence-corrected chi connectivity index (χ0v) is 10.1. The second-order valence-corrected chi connectivity index (χ2v) is 4.57. The maximum Gasteiger partial charge on any atom is 0.256 e. The van der Waals surface area contributed by atoms with Crippen molar-refractivity contribution in [1.82, 2.24) is 14.9 Å². The van der Waals surface area contributed by atoms with Crippen LogP contribution in [0.3, 0.4) is 0 Å². The number of aromatic amines is 1. The lowest BCUT2D eigenvalue weighted by Gasteiger charge is -2.26. The lowest BCUT2D eigenvalue weighted by Crippen LogP contribution is -2.35. The summed E-state index contributed by atoms with van der Waals surface area (Å²) >= 11 is 1.47. The molecule has 0 saturated heterocycles. The normalized spacial score (nSPS) is 15.8. The number of nitrogens with zero attached hydrogens (tertiary/aromatic N) is 2. The van der Waals surface area contributed by atoms with Gasteiger partial charge in [-0.3, -0.25) is 9.69 Å². The summed E-state index contributed by atoms with van der Waals surface area (Å²) in [4.78, 5) is 21.3. The molecular formula is C11H15N3OS. The Kier molecular flexibility index (Phi) is 3.46. The van der Waals surface area contributed by atoms with Crippen molar-refractivity contribution in [3.05, 3.63) is 34.3 Å². The van der Waals surface area contributed by atoms with Crippen molar-refractivity contribution in [1.29, 1.82) is 0 Å². The van der Waals surface area contributed by atoms with Crippen molar-refractivity contribution in [2.24, 2.45) is 0 Å². The van der Waals surface area contributed by atoms with Gasteiger partial charge in [-0.25, -0.2) is 4.98 Å². The zero-order chi connectivity index (χ0) is 11.5. The molecule has 86 valence electrons. The molecular weight excluding hydrogens is 222 g/mol. The van der Waals surface area contributed by atoms with Crippen LogP contribution >= 0.6 is 11.8 Å². The Balaban J connectivity index is 2.32. The summed E-state index contributed by atoms with van der Waals surface area (Å²) in [5.41, 5.74) is 1.77. The van der Waals surface area contributed by atoms with Crippen molar-refractivity contribution >= 4 is 11.8 Å². The van der Waals surface area contributed by atoms with Crippen LogP contribution in [0, 0.1) is 0 Å². The van der Waals surface area contributed by atoms with Gasteiger partial charge in [-0.2, -0.15) is 0 Å². The minimum absolute atomic E-state index is 0.00288. The van der Waals surface area contributed by atoms with Gasteiger partial charge < -0.3 is 4.98 Å². The van der Waals surface area contributed by atoms with Crippen LogP contribution in [0.15, 0.2) is 22.6 Å². The highest BCUT2D eigenvalue weighted by molar-refractivity contribution is 7.98. The molecule has 1 N–H and O–H groups in total. The van der Waals surface area contributed by atoms with E-state index >= 15 is 0 Å². The van der Waals surface area contributed by atoms with Crippen LogP contribution in [-0.4, -0.2) is 34.2 Å². The number of nitrogens with one attached hydrogen (secondary N) is 1. The van der Waals surface area contributed by atoms with Gasteiger partial charge in [0.05, 0.1) is 11.3 Å². The second kappa shape index (κ2) is 4.84. The van der Waals surface area contributed by atoms with E-state index in [1.807, 2.05) is 12.3 Å². The summed E-state index contributed by atoms with van der Waals surface area (Å²) in [6.45, 7) is 6.16. The molecule has 1 aliphatic heterocycles. The molecule has 5 heteroatoms. The summed E-state index contributed by atoms with van der Waals surface area (Å²) in [6.07, 6.45) is 4.63. The van der Waals surface area contributed by atoms with E-state index in [4.69, 9.17) is 0 Å². The first-order valence-corrected chi connectivity index (χ1v) is 6.46. The third-order valence-electron chi connectivity index (χ3n) is 2.71. The molecule has 0 spiro atoms. The van der Waals surface area contributed by atoms with Crippen molar-refractivity contribution in [3.63, 3.8) is 0 Å². The largest absolute Gasteiger partial charge is 0.301 e. The maximum atomic E-state index is 11.8. The molecule has 0 bridgehead atoms. The summed E-state index contributed by atoms with van der Waals surface area (Å²) in [6, 6.07) is 0. The van der Waals surface area contributed by atoms with Gasteiger partial charge in [-0.15, -0.1) is 6.58 Å². The van der Waals surface area contributed by atoms with E-state index in [9.17, 15) is 4.79 Å². The molecule has 0 unspecified atom stereocenters. The van der Waals surface area contributed by atoms with E-state index < -0.39 is 0 Å². The molecule has 0 aromatic carbocycles. The van der Waals surface area contributed by atoms with Crippen LogP contribution in [-0.2, 0) is 13.0 Å². The summed E-state index contributed by atoms with van der Waals surface area (Å²) in [5.74, 6) is 0. The van der Waals surface area contributed by atoms with Gasteiger partial charge in [0.15, 0.2) is 5.16 Å². The predicted molar refractivity (Wildman–Crippen MR) is 65.8 cm³/mol. The number of rotatable bonds is 3. The molecule has 1 aromatic rings. The van der Waals surface area contributed by atoms with Crippen molar-refractivity contribution in [2.75, 3.05) is 19.3 Å². The predicted octanol–water partition coefficient (Wildman–Crippen LogP) is 1.04. The van der Waals surface area contributed by atoms with E-state index in [0.717, 1.165) is 30.8 Å². The highest BCUT2D eigenvalue weighted by Gasteiger charge is 2.19. The fraction of sp³-hybridized carbons (Fsp3) is 0.455. The van der Waals surface area contributed by atoms with Crippen LogP contribution < -0.4 is 5.56 Å². The Morgan fingerprint density at radius 2 is 2.50 bits per heavy atom. The van der Waals surface area contributed by atoms with Crippen molar-refractivity contribution in [2.45, 2.75) is 18.1 Å². The maximum absolute atomic E-state index is 11.8. The van der Waals surface area contributed by atoms with E-state index in [2.05, 4.69) is 21.4 Å². The van der Waals surface area contributed by atoms with Gasteiger partial charge in [0.25, 0.3) is 5.56 Å². The van der Waals surface area contributed by atoms with Gasteiger partial charge in [0.1, 0.15) is 0 Å². The first-order valence-electron chi connectivity index (χ1n) is 5.24. The third kappa shape index (κ3) is 2.20. The Hall–Kier alpha value is -1.07. The van der Waals surface area contributed by atoms with Crippen LogP contribution in [0.5, 0.6) is 0 Å². The molecule has 0 atom stereocenters. The smallest absolute Gasteiger partial charge is 0.256 e. The quantitative estimate of drug-likeness (QED) is 0.485. The van der Waals surface area contributed by atoms with Gasteiger partial charge in [-0.1, -0.05) is 17.8 Å². The first-order chi connectivity index (χ1) is 7.74. The topological polar surface area (TPSA) is 49.0 Å². The Morgan fingerprint density at radius 1 is 1.69 bits per heavy atom. The Morgan fingerprint density at radius 3 is 3.19 bits per heavy atom. The van der Waals surface area contributed by atoms with Gasteiger partial charge >= 0.3 is 0 Å². The van der Waals surface area contributed by atoms with E-state index in [1.165, 1.54) is 11.8 Å². The summed E-state index contributed by atoms with van der Waals surface area (Å²) < 4.78 is 0. The summed E-state index contributed by atoms with van der Waals surface area (Å²) in [7, 11) is 0. The van der Waals surface area contributed by atoms with Crippen molar-refractivity contribution in [3.8, 4) is 0 Å². The lowest BCUT2D eigenvalue weighted by molar-refractivity contribution is 0.276. The molecule has 16 heavy (non-hydrogen) atoms. The molecule has 0 aliphatic carbocycles. The molecule has 4 nitrogen and oxygen atoms in total. The number of hydrogen-bond donors (Lipinski definition) is 1. The van der Waals surface area contributed by atoms with E-state index in [1.54, 1.807) is 0 Å². The lowest BCUT2D eigenvalue weighted by atomic mass is 10.1. The van der Waals surface area contributed by atoms with Crippen LogP contribution in [0.2, 0.25) is 0 Å². The number of thioether (sulfide) groups is 1. The molecule has 0 amide bonds. The second-order valence-electron chi connectivity index (χ2n) is 3.77. The number of hydrogen-bond acceptors (Lipinski definition) is 4. The Labute approximate surface area is 98.8 Å². The van der Waals surface area contributed by atoms with Gasteiger partial charge in [0, 0.05) is 26.1 Å². The van der Waals surface area contributed by atoms with Gasteiger partial charge in [0.2, 0.25) is 0 Å². The fourth-order valence-corrected chi connectivity index (χ4v) is 2.29. The molecule has 2 heterocycles. The van der Waals surface area contributed by atoms with Crippen molar-refractivity contribution < 1.29 is 0 Å². The number of aromatic nitrogens is 2. The summed E-state index contributed by atoms with van der Waals surface area (Å²) in [5, 5.41) is 0.709. The van der Waals surface area contributed by atoms with Gasteiger partial charge in [-0.05, 0) is 6.26 Å².